The van der Waals surface area contributed by atoms with Crippen molar-refractivity contribution >= 4 is 11.6 Å². The third-order valence-electron chi connectivity index (χ3n) is 2.79. The fraction of sp³-hybridized carbons (Fsp3) is 0.364. The van der Waals surface area contributed by atoms with Crippen molar-refractivity contribution < 1.29 is 26.5 Å². The summed E-state index contributed by atoms with van der Waals surface area (Å²) in [7, 11) is 0. The fourth-order valence-electron chi connectivity index (χ4n) is 1.83. The molecule has 24 heavy (non-hydrogen) atoms. The lowest BCUT2D eigenvalue weighted by molar-refractivity contribution is -0.144. The van der Waals surface area contributed by atoms with Crippen molar-refractivity contribution in [2.45, 2.75) is 26.1 Å². The minimum Gasteiger partial charge on any atom is -0.361 e. The fourth-order valence-corrected chi connectivity index (χ4v) is 1.83. The molecule has 0 fully saturated rings. The molecule has 0 saturated carbocycles. The first-order valence-electron chi connectivity index (χ1n) is 6.40. The van der Waals surface area contributed by atoms with E-state index in [1.165, 1.54) is 6.07 Å². The molecule has 3 aromatic rings. The van der Waals surface area contributed by atoms with Crippen LogP contribution in [-0.2, 0) is 12.7 Å². The summed E-state index contributed by atoms with van der Waals surface area (Å²) < 4.78 is 68.3. The maximum absolute atomic E-state index is 12.7. The van der Waals surface area contributed by atoms with Crippen molar-refractivity contribution in [1.29, 1.82) is 0 Å². The molecule has 0 unspecified atom stereocenters. The molecule has 128 valence electrons. The van der Waals surface area contributed by atoms with E-state index in [-0.39, 0.29) is 24.0 Å². The highest BCUT2D eigenvalue weighted by atomic mass is 19.4. The second-order valence-corrected chi connectivity index (χ2v) is 4.63. The zero-order chi connectivity index (χ0) is 17.5. The first-order valence-corrected chi connectivity index (χ1v) is 6.40. The Kier molecular flexibility index (Phi) is 3.77. The molecule has 0 bridgehead atoms. The first-order chi connectivity index (χ1) is 11.2. The highest BCUT2D eigenvalue weighted by molar-refractivity contribution is 5.45. The van der Waals surface area contributed by atoms with Gasteiger partial charge in [0.1, 0.15) is 5.82 Å². The summed E-state index contributed by atoms with van der Waals surface area (Å²) in [5.74, 6) is -2.44. The van der Waals surface area contributed by atoms with Gasteiger partial charge >= 0.3 is 12.6 Å². The minimum absolute atomic E-state index is 0.109. The van der Waals surface area contributed by atoms with Gasteiger partial charge in [-0.05, 0) is 6.92 Å². The molecule has 0 aliphatic carbocycles. The van der Waals surface area contributed by atoms with Gasteiger partial charge in [0.2, 0.25) is 11.7 Å². The van der Waals surface area contributed by atoms with Crippen LogP contribution in [-0.4, -0.2) is 29.7 Å². The van der Waals surface area contributed by atoms with Crippen LogP contribution >= 0.6 is 0 Å². The van der Waals surface area contributed by atoms with Crippen LogP contribution in [0.4, 0.5) is 27.8 Å². The molecule has 0 atom stereocenters. The zero-order valence-electron chi connectivity index (χ0n) is 11.8. The summed E-state index contributed by atoms with van der Waals surface area (Å²) in [6.07, 6.45) is -7.61. The van der Waals surface area contributed by atoms with Crippen molar-refractivity contribution in [2.75, 3.05) is 5.32 Å². The Balaban J connectivity index is 1.89. The van der Waals surface area contributed by atoms with Gasteiger partial charge in [-0.3, -0.25) is 0 Å². The molecule has 0 aromatic carbocycles. The monoisotopic (exact) mass is 349 g/mol. The van der Waals surface area contributed by atoms with Crippen LogP contribution in [0.2, 0.25) is 0 Å². The highest BCUT2D eigenvalue weighted by Crippen LogP contribution is 2.27. The van der Waals surface area contributed by atoms with E-state index < -0.39 is 24.3 Å². The molecule has 8 nitrogen and oxygen atoms in total. The summed E-state index contributed by atoms with van der Waals surface area (Å²) in [4.78, 5) is 10.6. The van der Waals surface area contributed by atoms with Crippen molar-refractivity contribution in [3.05, 3.63) is 29.3 Å². The number of hydrogen-bond donors (Lipinski definition) is 1. The third-order valence-corrected chi connectivity index (χ3v) is 2.79. The van der Waals surface area contributed by atoms with Crippen LogP contribution in [0.25, 0.3) is 5.78 Å². The Morgan fingerprint density at radius 3 is 2.62 bits per heavy atom. The van der Waals surface area contributed by atoms with Crippen LogP contribution in [0.1, 0.15) is 29.7 Å². The lowest BCUT2D eigenvalue weighted by Crippen LogP contribution is -2.09. The quantitative estimate of drug-likeness (QED) is 0.723. The lowest BCUT2D eigenvalue weighted by atomic mass is 10.4. The lowest BCUT2D eigenvalue weighted by Gasteiger charge is -2.06. The smallest absolute Gasteiger partial charge is 0.361 e. The van der Waals surface area contributed by atoms with Gasteiger partial charge in [0.25, 0.3) is 11.6 Å². The van der Waals surface area contributed by atoms with Gasteiger partial charge in [0.15, 0.2) is 0 Å². The highest BCUT2D eigenvalue weighted by Gasteiger charge is 2.36. The van der Waals surface area contributed by atoms with E-state index in [0.29, 0.717) is 5.69 Å². The molecule has 13 heteroatoms. The number of halogens is 5. The van der Waals surface area contributed by atoms with Crippen LogP contribution in [0, 0.1) is 6.92 Å². The molecule has 0 aliphatic heterocycles. The van der Waals surface area contributed by atoms with E-state index >= 15 is 0 Å². The summed E-state index contributed by atoms with van der Waals surface area (Å²) in [6.45, 7) is 1.36. The molecule has 3 rings (SSSR count). The number of aromatic nitrogens is 6. The minimum atomic E-state index is -4.72. The molecule has 0 spiro atoms. The topological polar surface area (TPSA) is 94.0 Å². The average Bonchev–Trinajstić information content (AvgIpc) is 3.10. The maximum atomic E-state index is 12.7. The Hall–Kier alpha value is -2.86. The van der Waals surface area contributed by atoms with Gasteiger partial charge in [-0.1, -0.05) is 5.16 Å². The number of rotatable bonds is 4. The number of hydrogen-bond acceptors (Lipinski definition) is 7. The first kappa shape index (κ1) is 16.0. The Labute approximate surface area is 129 Å². The molecule has 3 heterocycles. The zero-order valence-corrected chi connectivity index (χ0v) is 11.8. The number of aryl methyl sites for hydroxylation is 1. The van der Waals surface area contributed by atoms with E-state index in [2.05, 4.69) is 35.0 Å². The van der Waals surface area contributed by atoms with Crippen molar-refractivity contribution in [3.63, 3.8) is 0 Å². The number of nitrogens with one attached hydrogen (secondary N) is 1. The molecule has 0 aliphatic rings. The van der Waals surface area contributed by atoms with Crippen LogP contribution in [0.15, 0.2) is 10.6 Å². The SMILES string of the molecule is Cc1cc(NCc2nc(C(F)F)no2)n2nc(C(F)(F)F)nc2n1. The van der Waals surface area contributed by atoms with E-state index in [4.69, 9.17) is 0 Å². The van der Waals surface area contributed by atoms with Crippen molar-refractivity contribution in [3.8, 4) is 0 Å². The van der Waals surface area contributed by atoms with E-state index in [1.807, 2.05) is 0 Å². The maximum Gasteiger partial charge on any atom is 0.453 e. The van der Waals surface area contributed by atoms with E-state index in [0.717, 1.165) is 4.52 Å². The normalized spacial score (nSPS) is 12.3. The van der Waals surface area contributed by atoms with Gasteiger partial charge in [-0.25, -0.2) is 13.8 Å². The van der Waals surface area contributed by atoms with Gasteiger partial charge in [-0.15, -0.1) is 5.10 Å². The molecular formula is C11H8F5N7O. The molecule has 0 radical (unpaired) electrons. The van der Waals surface area contributed by atoms with Gasteiger partial charge < -0.3 is 9.84 Å². The van der Waals surface area contributed by atoms with Crippen molar-refractivity contribution in [1.82, 2.24) is 29.7 Å². The van der Waals surface area contributed by atoms with Crippen molar-refractivity contribution in [2.24, 2.45) is 0 Å². The molecular weight excluding hydrogens is 341 g/mol. The van der Waals surface area contributed by atoms with Gasteiger partial charge in [0.05, 0.1) is 6.54 Å². The Morgan fingerprint density at radius 1 is 1.25 bits per heavy atom. The predicted molar refractivity (Wildman–Crippen MR) is 67.1 cm³/mol. The number of nitrogens with zero attached hydrogens (tertiary/aromatic N) is 6. The van der Waals surface area contributed by atoms with Crippen LogP contribution in [0.5, 0.6) is 0 Å². The second-order valence-electron chi connectivity index (χ2n) is 4.63. The number of anilines is 1. The Morgan fingerprint density at radius 2 is 2.00 bits per heavy atom. The summed E-state index contributed by atoms with van der Waals surface area (Å²) >= 11 is 0. The molecule has 1 N–H and O–H groups in total. The third kappa shape index (κ3) is 3.09. The number of fused-ring (bicyclic) bond motifs is 1. The van der Waals surface area contributed by atoms with Gasteiger partial charge in [0, 0.05) is 11.8 Å². The Bertz CT molecular complexity index is 871. The molecule has 0 saturated heterocycles. The largest absolute Gasteiger partial charge is 0.453 e. The number of alkyl halides is 5. The summed E-state index contributed by atoms with van der Waals surface area (Å²) in [6, 6.07) is 1.41. The summed E-state index contributed by atoms with van der Waals surface area (Å²) in [5, 5.41) is 9.09. The predicted octanol–water partition coefficient (Wildman–Crippen LogP) is 2.38. The molecule has 3 aromatic heterocycles. The van der Waals surface area contributed by atoms with Crippen LogP contribution in [0.3, 0.4) is 0 Å². The van der Waals surface area contributed by atoms with E-state index in [9.17, 15) is 22.0 Å². The second kappa shape index (κ2) is 5.65. The van der Waals surface area contributed by atoms with Gasteiger partial charge in [-0.2, -0.15) is 27.7 Å². The van der Waals surface area contributed by atoms with Crippen LogP contribution < -0.4 is 5.32 Å². The standard InChI is InChI=1S/C11H8F5N7O/c1-4-2-5(17-3-6-19-8(7(12)13)22-24-6)23-10(18-4)20-9(21-23)11(14,15)16/h2,7,17H,3H2,1H3. The summed E-state index contributed by atoms with van der Waals surface area (Å²) in [5.41, 5.74) is 0.380. The average molecular weight is 349 g/mol. The molecule has 0 amide bonds. The van der Waals surface area contributed by atoms with E-state index in [1.54, 1.807) is 6.92 Å².